The average molecular weight is 439 g/mol. The molecule has 1 N–H and O–H groups in total. The van der Waals surface area contributed by atoms with Gasteiger partial charge in [-0.25, -0.2) is 0 Å². The first-order valence-electron chi connectivity index (χ1n) is 11.6. The van der Waals surface area contributed by atoms with Crippen molar-refractivity contribution in [3.63, 3.8) is 0 Å². The van der Waals surface area contributed by atoms with E-state index in [1.165, 1.54) is 0 Å². The van der Waals surface area contributed by atoms with Gasteiger partial charge in [-0.2, -0.15) is 0 Å². The summed E-state index contributed by atoms with van der Waals surface area (Å²) >= 11 is 0. The second-order valence-corrected chi connectivity index (χ2v) is 9.18. The molecule has 0 saturated heterocycles. The summed E-state index contributed by atoms with van der Waals surface area (Å²) in [5.41, 5.74) is 2.08. The normalized spacial score (nSPS) is 12.2. The summed E-state index contributed by atoms with van der Waals surface area (Å²) in [4.78, 5) is 27.5. The summed E-state index contributed by atoms with van der Waals surface area (Å²) in [5, 5.41) is 2.95. The maximum Gasteiger partial charge on any atom is 0.261 e. The van der Waals surface area contributed by atoms with E-state index in [0.29, 0.717) is 25.3 Å². The van der Waals surface area contributed by atoms with Crippen molar-refractivity contribution in [2.75, 3.05) is 19.7 Å². The van der Waals surface area contributed by atoms with Crippen molar-refractivity contribution < 1.29 is 14.3 Å². The highest BCUT2D eigenvalue weighted by molar-refractivity contribution is 5.88. The van der Waals surface area contributed by atoms with Crippen LogP contribution in [0.3, 0.4) is 0 Å². The lowest BCUT2D eigenvalue weighted by molar-refractivity contribution is -0.141. The maximum atomic E-state index is 13.2. The van der Waals surface area contributed by atoms with E-state index in [2.05, 4.69) is 33.0 Å². The summed E-state index contributed by atoms with van der Waals surface area (Å²) in [7, 11) is 0. The van der Waals surface area contributed by atoms with E-state index >= 15 is 0 Å². The van der Waals surface area contributed by atoms with Crippen LogP contribution in [-0.4, -0.2) is 42.5 Å². The van der Waals surface area contributed by atoms with Crippen LogP contribution >= 0.6 is 0 Å². The number of nitrogens with one attached hydrogen (secondary N) is 1. The Labute approximate surface area is 193 Å². The number of hydrogen-bond acceptors (Lipinski definition) is 3. The van der Waals surface area contributed by atoms with Crippen LogP contribution in [0.5, 0.6) is 5.75 Å². The molecule has 0 aromatic heterocycles. The van der Waals surface area contributed by atoms with E-state index in [0.717, 1.165) is 24.0 Å². The number of para-hydroxylation sites is 1. The van der Waals surface area contributed by atoms with Crippen LogP contribution in [0.4, 0.5) is 0 Å². The summed E-state index contributed by atoms with van der Waals surface area (Å²) < 4.78 is 5.96. The van der Waals surface area contributed by atoms with E-state index in [1.807, 2.05) is 54.6 Å². The number of hydrogen-bond donors (Lipinski definition) is 1. The number of carbonyl (C=O) groups is 2. The predicted molar refractivity (Wildman–Crippen MR) is 130 cm³/mol. The number of benzene rings is 2. The molecule has 1 atom stereocenters. The Balaban J connectivity index is 2.11. The smallest absolute Gasteiger partial charge is 0.261 e. The van der Waals surface area contributed by atoms with Gasteiger partial charge in [0.05, 0.1) is 0 Å². The van der Waals surface area contributed by atoms with Crippen molar-refractivity contribution in [2.24, 2.45) is 0 Å². The molecule has 0 unspecified atom stereocenters. The fraction of sp³-hybridized carbons (Fsp3) is 0.481. The van der Waals surface area contributed by atoms with E-state index in [1.54, 1.807) is 11.8 Å². The molecule has 0 spiro atoms. The van der Waals surface area contributed by atoms with Gasteiger partial charge in [0.15, 0.2) is 6.61 Å². The lowest BCUT2D eigenvalue weighted by Gasteiger charge is -2.29. The zero-order valence-electron chi connectivity index (χ0n) is 20.2. The monoisotopic (exact) mass is 438 g/mol. The van der Waals surface area contributed by atoms with Crippen LogP contribution in [-0.2, 0) is 21.4 Å². The van der Waals surface area contributed by atoms with E-state index in [4.69, 9.17) is 4.74 Å². The predicted octanol–water partition coefficient (Wildman–Crippen LogP) is 4.74. The summed E-state index contributed by atoms with van der Waals surface area (Å²) in [6.45, 7) is 11.2. The van der Waals surface area contributed by atoms with Crippen LogP contribution in [0.15, 0.2) is 54.6 Å². The number of carbonyl (C=O) groups excluding carboxylic acids is 2. The number of unbranched alkanes of at least 4 members (excludes halogenated alkanes) is 1. The molecule has 0 bridgehead atoms. The number of amides is 2. The first kappa shape index (κ1) is 25.4. The van der Waals surface area contributed by atoms with Gasteiger partial charge in [-0.05, 0) is 42.4 Å². The molecule has 2 rings (SSSR count). The SMILES string of the molecule is CCCCNC(=O)[C@H](C)N(CCc1ccccc1)C(=O)COc1ccccc1C(C)(C)C. The van der Waals surface area contributed by atoms with Gasteiger partial charge in [0.25, 0.3) is 5.91 Å². The minimum Gasteiger partial charge on any atom is -0.483 e. The van der Waals surface area contributed by atoms with Crippen LogP contribution in [0.25, 0.3) is 0 Å². The van der Waals surface area contributed by atoms with Gasteiger partial charge in [0.1, 0.15) is 11.8 Å². The zero-order valence-corrected chi connectivity index (χ0v) is 20.2. The van der Waals surface area contributed by atoms with Crippen LogP contribution in [0.2, 0.25) is 0 Å². The first-order valence-corrected chi connectivity index (χ1v) is 11.6. The number of rotatable bonds is 11. The van der Waals surface area contributed by atoms with Gasteiger partial charge in [-0.15, -0.1) is 0 Å². The quantitative estimate of drug-likeness (QED) is 0.516. The third-order valence-electron chi connectivity index (χ3n) is 5.53. The molecular weight excluding hydrogens is 400 g/mol. The van der Waals surface area contributed by atoms with Gasteiger partial charge in [-0.3, -0.25) is 9.59 Å². The van der Waals surface area contributed by atoms with Crippen LogP contribution in [0, 0.1) is 0 Å². The molecule has 32 heavy (non-hydrogen) atoms. The molecule has 0 fully saturated rings. The topological polar surface area (TPSA) is 58.6 Å². The van der Waals surface area contributed by atoms with E-state index < -0.39 is 6.04 Å². The third kappa shape index (κ3) is 7.70. The Hall–Kier alpha value is -2.82. The highest BCUT2D eigenvalue weighted by Gasteiger charge is 2.26. The molecule has 2 aromatic carbocycles. The number of ether oxygens (including phenoxy) is 1. The minimum atomic E-state index is -0.565. The molecule has 0 radical (unpaired) electrons. The molecule has 5 heteroatoms. The fourth-order valence-electron chi connectivity index (χ4n) is 3.54. The van der Waals surface area contributed by atoms with E-state index in [-0.39, 0.29) is 23.8 Å². The van der Waals surface area contributed by atoms with Crippen LogP contribution in [0.1, 0.15) is 58.6 Å². The molecule has 2 amide bonds. The molecule has 0 aliphatic heterocycles. The molecule has 0 aliphatic carbocycles. The molecule has 0 saturated carbocycles. The highest BCUT2D eigenvalue weighted by atomic mass is 16.5. The second-order valence-electron chi connectivity index (χ2n) is 9.18. The summed E-state index contributed by atoms with van der Waals surface area (Å²) in [6.07, 6.45) is 2.60. The summed E-state index contributed by atoms with van der Waals surface area (Å²) in [6, 6.07) is 17.2. The maximum absolute atomic E-state index is 13.2. The third-order valence-corrected chi connectivity index (χ3v) is 5.53. The van der Waals surface area contributed by atoms with Crippen molar-refractivity contribution >= 4 is 11.8 Å². The molecule has 174 valence electrons. The largest absolute Gasteiger partial charge is 0.483 e. The van der Waals surface area contributed by atoms with Crippen molar-refractivity contribution in [3.8, 4) is 5.75 Å². The van der Waals surface area contributed by atoms with Crippen molar-refractivity contribution in [1.82, 2.24) is 10.2 Å². The second kappa shape index (κ2) is 12.3. The Morgan fingerprint density at radius 3 is 2.34 bits per heavy atom. The Bertz CT molecular complexity index is 859. The fourth-order valence-corrected chi connectivity index (χ4v) is 3.54. The van der Waals surface area contributed by atoms with Crippen molar-refractivity contribution in [2.45, 2.75) is 65.3 Å². The Kier molecular flexibility index (Phi) is 9.76. The summed E-state index contributed by atoms with van der Waals surface area (Å²) in [5.74, 6) is 0.383. The molecule has 2 aromatic rings. The Morgan fingerprint density at radius 2 is 1.69 bits per heavy atom. The van der Waals surface area contributed by atoms with Gasteiger partial charge in [-0.1, -0.05) is 82.6 Å². The zero-order chi connectivity index (χ0) is 23.6. The molecular formula is C27H38N2O3. The average Bonchev–Trinajstić information content (AvgIpc) is 2.78. The molecule has 0 aliphatic rings. The first-order chi connectivity index (χ1) is 15.2. The van der Waals surface area contributed by atoms with Gasteiger partial charge in [0, 0.05) is 13.1 Å². The van der Waals surface area contributed by atoms with Crippen molar-refractivity contribution in [3.05, 3.63) is 65.7 Å². The lowest BCUT2D eigenvalue weighted by Crippen LogP contribution is -2.50. The van der Waals surface area contributed by atoms with Crippen molar-refractivity contribution in [1.29, 1.82) is 0 Å². The van der Waals surface area contributed by atoms with Gasteiger partial charge in [0.2, 0.25) is 5.91 Å². The highest BCUT2D eigenvalue weighted by Crippen LogP contribution is 2.30. The number of nitrogens with zero attached hydrogens (tertiary/aromatic N) is 1. The Morgan fingerprint density at radius 1 is 1.03 bits per heavy atom. The standard InChI is InChI=1S/C27H38N2O3/c1-6-7-18-28-26(31)21(2)29(19-17-22-13-9-8-10-14-22)25(30)20-32-24-16-12-11-15-23(24)27(3,4)5/h8-16,21H,6-7,17-20H2,1-5H3,(H,28,31)/t21-/m0/s1. The lowest BCUT2D eigenvalue weighted by atomic mass is 9.86. The minimum absolute atomic E-state index is 0.0981. The van der Waals surface area contributed by atoms with Crippen LogP contribution < -0.4 is 10.1 Å². The van der Waals surface area contributed by atoms with Gasteiger partial charge >= 0.3 is 0 Å². The molecule has 0 heterocycles. The van der Waals surface area contributed by atoms with Gasteiger partial charge < -0.3 is 15.0 Å². The molecule has 5 nitrogen and oxygen atoms in total. The van der Waals surface area contributed by atoms with E-state index in [9.17, 15) is 9.59 Å².